The van der Waals surface area contributed by atoms with Gasteiger partial charge >= 0.3 is 0 Å². The van der Waals surface area contributed by atoms with Gasteiger partial charge in [-0.3, -0.25) is 0 Å². The summed E-state index contributed by atoms with van der Waals surface area (Å²) in [7, 11) is 0. The molecular formula is C15H15BrN2O. The summed E-state index contributed by atoms with van der Waals surface area (Å²) in [5.41, 5.74) is 3.30. The van der Waals surface area contributed by atoms with Crippen molar-refractivity contribution in [2.75, 3.05) is 0 Å². The molecule has 1 aromatic carbocycles. The number of aromatic nitrogens is 2. The maximum Gasteiger partial charge on any atom is 0.130 e. The second-order valence-electron chi connectivity index (χ2n) is 5.36. The standard InChI is InChI=1S/C15H15BrN2O/c16-10-5-6-11-13(7-10)19-8-12-14(11)18-15(17-12)9-3-1-2-4-9/h5-7,9H,1-4,8H2,(H,17,18). The van der Waals surface area contributed by atoms with Crippen LogP contribution in [0, 0.1) is 0 Å². The van der Waals surface area contributed by atoms with Crippen LogP contribution in [-0.2, 0) is 6.61 Å². The molecule has 0 saturated heterocycles. The minimum Gasteiger partial charge on any atom is -0.487 e. The summed E-state index contributed by atoms with van der Waals surface area (Å²) in [6.07, 6.45) is 5.19. The third-order valence-electron chi connectivity index (χ3n) is 4.11. The maximum atomic E-state index is 5.81. The number of hydrogen-bond acceptors (Lipinski definition) is 2. The Morgan fingerprint density at radius 1 is 1.26 bits per heavy atom. The van der Waals surface area contributed by atoms with Gasteiger partial charge in [-0.1, -0.05) is 28.8 Å². The van der Waals surface area contributed by atoms with E-state index in [4.69, 9.17) is 9.72 Å². The minimum absolute atomic E-state index is 0.596. The van der Waals surface area contributed by atoms with Crippen molar-refractivity contribution in [3.8, 4) is 17.0 Å². The number of ether oxygens (including phenoxy) is 1. The number of fused-ring (bicyclic) bond motifs is 3. The first-order valence-electron chi connectivity index (χ1n) is 6.83. The number of H-pyrrole nitrogens is 1. The number of aromatic amines is 1. The van der Waals surface area contributed by atoms with E-state index in [0.29, 0.717) is 12.5 Å². The van der Waals surface area contributed by atoms with Crippen molar-refractivity contribution in [1.82, 2.24) is 9.97 Å². The van der Waals surface area contributed by atoms with E-state index in [0.717, 1.165) is 33.0 Å². The van der Waals surface area contributed by atoms with Crippen LogP contribution in [0.3, 0.4) is 0 Å². The van der Waals surface area contributed by atoms with Gasteiger partial charge in [-0.05, 0) is 31.0 Å². The normalized spacial score (nSPS) is 17.9. The summed E-state index contributed by atoms with van der Waals surface area (Å²) < 4.78 is 6.85. The lowest BCUT2D eigenvalue weighted by atomic mass is 10.1. The van der Waals surface area contributed by atoms with Crippen molar-refractivity contribution in [2.45, 2.75) is 38.2 Å². The fourth-order valence-corrected chi connectivity index (χ4v) is 3.45. The van der Waals surface area contributed by atoms with Crippen LogP contribution in [-0.4, -0.2) is 9.97 Å². The summed E-state index contributed by atoms with van der Waals surface area (Å²) >= 11 is 3.48. The second kappa shape index (κ2) is 4.37. The van der Waals surface area contributed by atoms with Crippen molar-refractivity contribution < 1.29 is 4.74 Å². The van der Waals surface area contributed by atoms with Gasteiger partial charge in [0.15, 0.2) is 0 Å². The number of benzene rings is 1. The van der Waals surface area contributed by atoms with Crippen molar-refractivity contribution in [1.29, 1.82) is 0 Å². The molecule has 1 fully saturated rings. The highest BCUT2D eigenvalue weighted by Gasteiger charge is 2.26. The Balaban J connectivity index is 1.79. The predicted molar refractivity (Wildman–Crippen MR) is 77.3 cm³/mol. The molecular weight excluding hydrogens is 304 g/mol. The zero-order chi connectivity index (χ0) is 12.8. The Kier molecular flexibility index (Phi) is 2.65. The maximum absolute atomic E-state index is 5.81. The minimum atomic E-state index is 0.596. The summed E-state index contributed by atoms with van der Waals surface area (Å²) in [4.78, 5) is 8.34. The Morgan fingerprint density at radius 3 is 2.95 bits per heavy atom. The lowest BCUT2D eigenvalue weighted by Gasteiger charge is -2.16. The average Bonchev–Trinajstić information content (AvgIpc) is 3.06. The number of nitrogens with one attached hydrogen (secondary N) is 1. The fourth-order valence-electron chi connectivity index (χ4n) is 3.11. The van der Waals surface area contributed by atoms with Gasteiger partial charge in [0.2, 0.25) is 0 Å². The SMILES string of the molecule is Brc1ccc2c(c1)OCc1[nH]c(C3CCCC3)nc1-2. The molecule has 0 atom stereocenters. The Labute approximate surface area is 120 Å². The van der Waals surface area contributed by atoms with Gasteiger partial charge in [0, 0.05) is 16.0 Å². The van der Waals surface area contributed by atoms with Gasteiger partial charge in [0.05, 0.1) is 11.4 Å². The summed E-state index contributed by atoms with van der Waals surface area (Å²) in [5, 5.41) is 0. The number of rotatable bonds is 1. The van der Waals surface area contributed by atoms with Crippen molar-refractivity contribution in [3.05, 3.63) is 34.2 Å². The number of nitrogens with zero attached hydrogens (tertiary/aromatic N) is 1. The average molecular weight is 319 g/mol. The molecule has 19 heavy (non-hydrogen) atoms. The smallest absolute Gasteiger partial charge is 0.130 e. The first-order valence-corrected chi connectivity index (χ1v) is 7.62. The van der Waals surface area contributed by atoms with Crippen LogP contribution < -0.4 is 4.74 Å². The Hall–Kier alpha value is -1.29. The molecule has 0 unspecified atom stereocenters. The van der Waals surface area contributed by atoms with Crippen LogP contribution in [0.4, 0.5) is 0 Å². The van der Waals surface area contributed by atoms with E-state index in [1.165, 1.54) is 25.7 Å². The number of halogens is 1. The number of hydrogen-bond donors (Lipinski definition) is 1. The third kappa shape index (κ3) is 1.89. The first-order chi connectivity index (χ1) is 9.31. The summed E-state index contributed by atoms with van der Waals surface area (Å²) in [6, 6.07) is 6.14. The van der Waals surface area contributed by atoms with Crippen LogP contribution in [0.1, 0.15) is 43.1 Å². The highest BCUT2D eigenvalue weighted by Crippen LogP contribution is 2.40. The molecule has 2 aliphatic rings. The van der Waals surface area contributed by atoms with E-state index < -0.39 is 0 Å². The lowest BCUT2D eigenvalue weighted by molar-refractivity contribution is 0.297. The molecule has 2 heterocycles. The van der Waals surface area contributed by atoms with Crippen molar-refractivity contribution in [3.63, 3.8) is 0 Å². The first kappa shape index (κ1) is 11.5. The molecule has 1 aliphatic heterocycles. The van der Waals surface area contributed by atoms with E-state index in [1.807, 2.05) is 12.1 Å². The molecule has 0 spiro atoms. The molecule has 0 amide bonds. The van der Waals surface area contributed by atoms with Crippen molar-refractivity contribution >= 4 is 15.9 Å². The molecule has 1 aromatic heterocycles. The molecule has 4 heteroatoms. The van der Waals surface area contributed by atoms with Gasteiger partial charge in [-0.2, -0.15) is 0 Å². The zero-order valence-electron chi connectivity index (χ0n) is 10.6. The molecule has 0 radical (unpaired) electrons. The van der Waals surface area contributed by atoms with Crippen LogP contribution in [0.2, 0.25) is 0 Å². The van der Waals surface area contributed by atoms with Gasteiger partial charge in [0.1, 0.15) is 18.2 Å². The quantitative estimate of drug-likeness (QED) is 0.846. The van der Waals surface area contributed by atoms with Crippen LogP contribution >= 0.6 is 15.9 Å². The Bertz CT molecular complexity index is 629. The molecule has 3 nitrogen and oxygen atoms in total. The van der Waals surface area contributed by atoms with Gasteiger partial charge in [-0.25, -0.2) is 4.98 Å². The van der Waals surface area contributed by atoms with Gasteiger partial charge in [-0.15, -0.1) is 0 Å². The summed E-state index contributed by atoms with van der Waals surface area (Å²) in [5.74, 6) is 2.69. The van der Waals surface area contributed by atoms with Crippen molar-refractivity contribution in [2.24, 2.45) is 0 Å². The van der Waals surface area contributed by atoms with Gasteiger partial charge in [0.25, 0.3) is 0 Å². The largest absolute Gasteiger partial charge is 0.487 e. The molecule has 1 saturated carbocycles. The predicted octanol–water partition coefficient (Wildman–Crippen LogP) is 4.39. The van der Waals surface area contributed by atoms with Crippen LogP contribution in [0.15, 0.2) is 22.7 Å². The molecule has 1 N–H and O–H groups in total. The highest BCUT2D eigenvalue weighted by atomic mass is 79.9. The van der Waals surface area contributed by atoms with Crippen LogP contribution in [0.25, 0.3) is 11.3 Å². The fraction of sp³-hybridized carbons (Fsp3) is 0.400. The van der Waals surface area contributed by atoms with E-state index >= 15 is 0 Å². The second-order valence-corrected chi connectivity index (χ2v) is 6.28. The van der Waals surface area contributed by atoms with E-state index in [9.17, 15) is 0 Å². The third-order valence-corrected chi connectivity index (χ3v) is 4.60. The van der Waals surface area contributed by atoms with E-state index in [1.54, 1.807) is 0 Å². The topological polar surface area (TPSA) is 37.9 Å². The molecule has 98 valence electrons. The molecule has 1 aliphatic carbocycles. The highest BCUT2D eigenvalue weighted by molar-refractivity contribution is 9.10. The van der Waals surface area contributed by atoms with Gasteiger partial charge < -0.3 is 9.72 Å². The molecule has 2 aromatic rings. The lowest BCUT2D eigenvalue weighted by Crippen LogP contribution is -2.04. The van der Waals surface area contributed by atoms with Crippen LogP contribution in [0.5, 0.6) is 5.75 Å². The van der Waals surface area contributed by atoms with E-state index in [-0.39, 0.29) is 0 Å². The Morgan fingerprint density at radius 2 is 2.11 bits per heavy atom. The summed E-state index contributed by atoms with van der Waals surface area (Å²) in [6.45, 7) is 0.596. The number of imidazole rings is 1. The monoisotopic (exact) mass is 318 g/mol. The molecule has 4 rings (SSSR count). The van der Waals surface area contributed by atoms with E-state index in [2.05, 4.69) is 27.0 Å². The zero-order valence-corrected chi connectivity index (χ0v) is 12.2. The molecule has 0 bridgehead atoms.